The molecule has 1 fully saturated rings. The predicted octanol–water partition coefficient (Wildman–Crippen LogP) is 2.58. The number of methoxy groups -OCH3 is 2. The van der Waals surface area contributed by atoms with Crippen molar-refractivity contribution in [2.45, 2.75) is 43.8 Å². The number of aryl methyl sites for hydroxylation is 1. The maximum atomic E-state index is 13.6. The summed E-state index contributed by atoms with van der Waals surface area (Å²) in [6, 6.07) is 5.31. The average Bonchev–Trinajstić information content (AvgIpc) is 3.30. The molecule has 3 aromatic rings. The number of para-hydroxylation sites is 1. The van der Waals surface area contributed by atoms with E-state index in [4.69, 9.17) is 18.9 Å². The van der Waals surface area contributed by atoms with Crippen molar-refractivity contribution in [3.63, 3.8) is 0 Å². The Morgan fingerprint density at radius 1 is 1.08 bits per heavy atom. The van der Waals surface area contributed by atoms with Gasteiger partial charge in [-0.25, -0.2) is 18.4 Å². The number of aromatic nitrogens is 5. The number of ether oxygens (including phenoxy) is 4. The number of hydrogen-bond acceptors (Lipinski definition) is 10. The van der Waals surface area contributed by atoms with E-state index in [2.05, 4.69) is 20.2 Å². The normalized spacial score (nSPS) is 18.0. The summed E-state index contributed by atoms with van der Waals surface area (Å²) in [5.74, 6) is 1.24. The second-order valence-corrected chi connectivity index (χ2v) is 11.0. The molecule has 0 aliphatic carbocycles. The van der Waals surface area contributed by atoms with Crippen LogP contribution in [0.25, 0.3) is 5.69 Å². The van der Waals surface area contributed by atoms with Crippen LogP contribution in [0.3, 0.4) is 0 Å². The van der Waals surface area contributed by atoms with Crippen LogP contribution in [-0.2, 0) is 25.1 Å². The van der Waals surface area contributed by atoms with Gasteiger partial charge in [-0.15, -0.1) is 10.2 Å². The van der Waals surface area contributed by atoms with Gasteiger partial charge >= 0.3 is 0 Å². The van der Waals surface area contributed by atoms with Gasteiger partial charge in [-0.2, -0.15) is 0 Å². The van der Waals surface area contributed by atoms with E-state index in [1.54, 1.807) is 49.0 Å². The zero-order chi connectivity index (χ0) is 25.9. The third-order valence-corrected chi connectivity index (χ3v) is 8.50. The molecule has 0 amide bonds. The average molecular weight is 518 g/mol. The van der Waals surface area contributed by atoms with Gasteiger partial charge < -0.3 is 18.9 Å². The zero-order valence-electron chi connectivity index (χ0n) is 21.0. The summed E-state index contributed by atoms with van der Waals surface area (Å²) in [5, 5.41) is 7.84. The first-order valence-electron chi connectivity index (χ1n) is 11.6. The van der Waals surface area contributed by atoms with E-state index in [9.17, 15) is 8.42 Å². The van der Waals surface area contributed by atoms with E-state index >= 15 is 0 Å². The first-order chi connectivity index (χ1) is 17.3. The number of rotatable bonds is 9. The molecule has 0 N–H and O–H groups in total. The molecule has 36 heavy (non-hydrogen) atoms. The molecule has 4 rings (SSSR count). The maximum absolute atomic E-state index is 13.6. The predicted molar refractivity (Wildman–Crippen MR) is 131 cm³/mol. The van der Waals surface area contributed by atoms with E-state index in [1.807, 2.05) is 6.92 Å². The Bertz CT molecular complexity index is 1270. The van der Waals surface area contributed by atoms with Crippen LogP contribution in [0.4, 0.5) is 0 Å². The Kier molecular flexibility index (Phi) is 7.86. The SMILES string of the molecule is COc1cccc(OC)c1-n1c(CS(=O)(=O)[C@@H](C)[C@H](C)c2ncc(C)cn2)nnc1[C@@H]1COCCO1. The van der Waals surface area contributed by atoms with Crippen LogP contribution in [0.15, 0.2) is 30.6 Å². The van der Waals surface area contributed by atoms with Crippen molar-refractivity contribution < 1.29 is 27.4 Å². The van der Waals surface area contributed by atoms with Gasteiger partial charge in [-0.1, -0.05) is 13.0 Å². The summed E-state index contributed by atoms with van der Waals surface area (Å²) in [6.45, 7) is 6.47. The topological polar surface area (TPSA) is 128 Å². The fourth-order valence-corrected chi connectivity index (χ4v) is 5.59. The lowest BCUT2D eigenvalue weighted by Crippen LogP contribution is -2.28. The summed E-state index contributed by atoms with van der Waals surface area (Å²) in [5.41, 5.74) is 1.39. The van der Waals surface area contributed by atoms with Crippen molar-refractivity contribution in [1.82, 2.24) is 24.7 Å². The number of sulfone groups is 1. The largest absolute Gasteiger partial charge is 0.494 e. The molecule has 2 aromatic heterocycles. The fraction of sp³-hybridized carbons (Fsp3) is 0.500. The third-order valence-electron chi connectivity index (χ3n) is 6.29. The number of hydrogen-bond donors (Lipinski definition) is 0. The van der Waals surface area contributed by atoms with Crippen molar-refractivity contribution >= 4 is 9.84 Å². The van der Waals surface area contributed by atoms with Crippen LogP contribution < -0.4 is 9.47 Å². The fourth-order valence-electron chi connectivity index (χ4n) is 4.03. The Morgan fingerprint density at radius 2 is 1.75 bits per heavy atom. The Labute approximate surface area is 210 Å². The summed E-state index contributed by atoms with van der Waals surface area (Å²) < 4.78 is 51.5. The molecule has 1 aromatic carbocycles. The summed E-state index contributed by atoms with van der Waals surface area (Å²) in [4.78, 5) is 8.65. The van der Waals surface area contributed by atoms with Crippen molar-refractivity contribution in [1.29, 1.82) is 0 Å². The molecule has 0 unspecified atom stereocenters. The van der Waals surface area contributed by atoms with Gasteiger partial charge in [0.05, 0.1) is 39.3 Å². The maximum Gasteiger partial charge on any atom is 0.169 e. The first-order valence-corrected chi connectivity index (χ1v) is 13.3. The molecule has 0 bridgehead atoms. The molecular weight excluding hydrogens is 486 g/mol. The minimum absolute atomic E-state index is 0.214. The quantitative estimate of drug-likeness (QED) is 0.418. The molecule has 1 aliphatic rings. The zero-order valence-corrected chi connectivity index (χ0v) is 21.9. The van der Waals surface area contributed by atoms with Gasteiger partial charge in [-0.05, 0) is 31.5 Å². The monoisotopic (exact) mass is 517 g/mol. The Hall–Kier alpha value is -3.09. The van der Waals surface area contributed by atoms with Gasteiger partial charge in [0, 0.05) is 18.3 Å². The van der Waals surface area contributed by atoms with E-state index in [0.717, 1.165) is 5.56 Å². The second-order valence-electron chi connectivity index (χ2n) is 8.67. The van der Waals surface area contributed by atoms with E-state index < -0.39 is 27.1 Å². The molecule has 0 spiro atoms. The molecule has 0 saturated carbocycles. The lowest BCUT2D eigenvalue weighted by molar-refractivity contribution is -0.0942. The highest BCUT2D eigenvalue weighted by Gasteiger charge is 2.34. The highest BCUT2D eigenvalue weighted by molar-refractivity contribution is 7.91. The van der Waals surface area contributed by atoms with Crippen LogP contribution in [-0.4, -0.2) is 72.4 Å². The molecule has 11 nitrogen and oxygen atoms in total. The molecule has 12 heteroatoms. The Balaban J connectivity index is 1.77. The van der Waals surface area contributed by atoms with Gasteiger partial charge in [0.25, 0.3) is 0 Å². The third kappa shape index (κ3) is 5.20. The standard InChI is InChI=1S/C24H31N5O6S/c1-15-11-25-23(26-12-15)16(2)17(3)36(30,31)14-21-27-28-24(20-13-34-9-10-35-20)29(21)22-18(32-4)7-6-8-19(22)33-5/h6-8,11-12,16-17,20H,9-10,13-14H2,1-5H3/t16-,17-,20-/m0/s1. The lowest BCUT2D eigenvalue weighted by atomic mass is 10.1. The molecular formula is C24H31N5O6S. The number of benzene rings is 1. The molecule has 3 heterocycles. The smallest absolute Gasteiger partial charge is 0.169 e. The molecule has 194 valence electrons. The van der Waals surface area contributed by atoms with Gasteiger partial charge in [-0.3, -0.25) is 4.57 Å². The van der Waals surface area contributed by atoms with Crippen LogP contribution in [0, 0.1) is 6.92 Å². The summed E-state index contributed by atoms with van der Waals surface area (Å²) in [7, 11) is -0.651. The molecule has 3 atom stereocenters. The Morgan fingerprint density at radius 3 is 2.33 bits per heavy atom. The molecule has 1 aliphatic heterocycles. The lowest BCUT2D eigenvalue weighted by Gasteiger charge is -2.25. The van der Waals surface area contributed by atoms with E-state index in [0.29, 0.717) is 42.0 Å². The molecule has 0 radical (unpaired) electrons. The van der Waals surface area contributed by atoms with E-state index in [1.165, 1.54) is 14.2 Å². The van der Waals surface area contributed by atoms with Crippen LogP contribution >= 0.6 is 0 Å². The minimum Gasteiger partial charge on any atom is -0.494 e. The van der Waals surface area contributed by atoms with Gasteiger partial charge in [0.2, 0.25) is 0 Å². The highest BCUT2D eigenvalue weighted by Crippen LogP contribution is 2.37. The number of nitrogens with zero attached hydrogens (tertiary/aromatic N) is 5. The van der Waals surface area contributed by atoms with Gasteiger partial charge in [0.1, 0.15) is 34.9 Å². The van der Waals surface area contributed by atoms with Crippen LogP contribution in [0.5, 0.6) is 11.5 Å². The highest BCUT2D eigenvalue weighted by atomic mass is 32.2. The van der Waals surface area contributed by atoms with Crippen molar-refractivity contribution in [2.75, 3.05) is 34.0 Å². The van der Waals surface area contributed by atoms with Crippen molar-refractivity contribution in [3.8, 4) is 17.2 Å². The van der Waals surface area contributed by atoms with Gasteiger partial charge in [0.15, 0.2) is 21.5 Å². The second kappa shape index (κ2) is 10.9. The van der Waals surface area contributed by atoms with Crippen LogP contribution in [0.2, 0.25) is 0 Å². The first kappa shape index (κ1) is 26.0. The van der Waals surface area contributed by atoms with Crippen molar-refractivity contribution in [3.05, 3.63) is 53.6 Å². The van der Waals surface area contributed by atoms with E-state index in [-0.39, 0.29) is 18.2 Å². The summed E-state index contributed by atoms with van der Waals surface area (Å²) >= 11 is 0. The summed E-state index contributed by atoms with van der Waals surface area (Å²) in [6.07, 6.45) is 2.83. The van der Waals surface area contributed by atoms with Crippen molar-refractivity contribution in [2.24, 2.45) is 0 Å². The minimum atomic E-state index is -3.71. The molecule has 1 saturated heterocycles. The van der Waals surface area contributed by atoms with Crippen LogP contribution in [0.1, 0.15) is 48.9 Å².